The molecule has 1 aliphatic heterocycles. The van der Waals surface area contributed by atoms with Crippen molar-refractivity contribution in [1.29, 1.82) is 0 Å². The number of hydrogen-bond donors (Lipinski definition) is 1. The molecule has 0 fully saturated rings. The zero-order valence-electron chi connectivity index (χ0n) is 15.6. The lowest BCUT2D eigenvalue weighted by atomic mass is 10.1. The number of thiazole rings is 1. The highest BCUT2D eigenvalue weighted by Crippen LogP contribution is 2.27. The lowest BCUT2D eigenvalue weighted by Gasteiger charge is -2.27. The number of nitrogens with one attached hydrogen (secondary N) is 1. The predicted octanol–water partition coefficient (Wildman–Crippen LogP) is 3.65. The van der Waals surface area contributed by atoms with Crippen molar-refractivity contribution in [3.8, 4) is 0 Å². The Hall–Kier alpha value is -2.84. The Morgan fingerprint density at radius 3 is 2.96 bits per heavy atom. The van der Waals surface area contributed by atoms with Crippen LogP contribution in [0.1, 0.15) is 24.4 Å². The van der Waals surface area contributed by atoms with Gasteiger partial charge in [0.05, 0.1) is 15.7 Å². The van der Waals surface area contributed by atoms with E-state index in [4.69, 9.17) is 4.98 Å². The monoisotopic (exact) mass is 391 g/mol. The standard InChI is InChI=1S/C20H21N7S/c1-14(15-2-3-17-16(10-15)23-13-28-17)26-7-5-20-25-19(11-27(20)9-8-26)24-18-4-6-21-12-22-18/h2-4,6,10-14H,5,7-9H2,1H3,(H,21,22,24). The minimum Gasteiger partial charge on any atom is -0.331 e. The van der Waals surface area contributed by atoms with Crippen LogP contribution in [0.3, 0.4) is 0 Å². The van der Waals surface area contributed by atoms with Crippen LogP contribution in [0.2, 0.25) is 0 Å². The van der Waals surface area contributed by atoms with Crippen molar-refractivity contribution in [2.45, 2.75) is 25.9 Å². The average molecular weight is 392 g/mol. The Balaban J connectivity index is 1.29. The number of rotatable bonds is 4. The van der Waals surface area contributed by atoms with Crippen LogP contribution in [0, 0.1) is 0 Å². The van der Waals surface area contributed by atoms with E-state index in [1.54, 1.807) is 17.5 Å². The second kappa shape index (κ2) is 7.29. The highest BCUT2D eigenvalue weighted by molar-refractivity contribution is 7.16. The summed E-state index contributed by atoms with van der Waals surface area (Å²) >= 11 is 1.69. The Bertz CT molecular complexity index is 1060. The third-order valence-electron chi connectivity index (χ3n) is 5.33. The van der Waals surface area contributed by atoms with Crippen molar-refractivity contribution in [2.24, 2.45) is 0 Å². The molecule has 0 spiro atoms. The van der Waals surface area contributed by atoms with Crippen molar-refractivity contribution in [3.05, 3.63) is 59.9 Å². The quantitative estimate of drug-likeness (QED) is 0.573. The van der Waals surface area contributed by atoms with Gasteiger partial charge in [0, 0.05) is 44.5 Å². The van der Waals surface area contributed by atoms with Gasteiger partial charge in [0.25, 0.3) is 0 Å². The van der Waals surface area contributed by atoms with E-state index >= 15 is 0 Å². The van der Waals surface area contributed by atoms with E-state index in [1.165, 1.54) is 16.6 Å². The van der Waals surface area contributed by atoms with Gasteiger partial charge in [-0.25, -0.2) is 19.9 Å². The number of anilines is 2. The van der Waals surface area contributed by atoms with E-state index in [-0.39, 0.29) is 0 Å². The van der Waals surface area contributed by atoms with Crippen molar-refractivity contribution in [3.63, 3.8) is 0 Å². The molecule has 1 aliphatic rings. The largest absolute Gasteiger partial charge is 0.331 e. The summed E-state index contributed by atoms with van der Waals surface area (Å²) in [6.07, 6.45) is 6.26. The van der Waals surface area contributed by atoms with Gasteiger partial charge in [0.15, 0.2) is 0 Å². The summed E-state index contributed by atoms with van der Waals surface area (Å²) in [5, 5.41) is 3.25. The SMILES string of the molecule is CC(c1ccc2scnc2c1)N1CCc2nc(Nc3ccncn3)cn2CC1. The van der Waals surface area contributed by atoms with E-state index in [0.717, 1.165) is 49.0 Å². The number of fused-ring (bicyclic) bond motifs is 2. The van der Waals surface area contributed by atoms with E-state index in [9.17, 15) is 0 Å². The fourth-order valence-electron chi connectivity index (χ4n) is 3.73. The molecule has 28 heavy (non-hydrogen) atoms. The molecule has 8 heteroatoms. The van der Waals surface area contributed by atoms with Gasteiger partial charge in [-0.15, -0.1) is 11.3 Å². The van der Waals surface area contributed by atoms with E-state index in [0.29, 0.717) is 6.04 Å². The molecule has 4 heterocycles. The fraction of sp³-hybridized carbons (Fsp3) is 0.300. The minimum atomic E-state index is 0.356. The molecule has 0 amide bonds. The van der Waals surface area contributed by atoms with Gasteiger partial charge in [-0.05, 0) is 30.7 Å². The Labute approximate surface area is 167 Å². The van der Waals surface area contributed by atoms with Crippen molar-refractivity contribution < 1.29 is 0 Å². The van der Waals surface area contributed by atoms with Crippen molar-refractivity contribution in [1.82, 2.24) is 29.4 Å². The summed E-state index contributed by atoms with van der Waals surface area (Å²) in [5.41, 5.74) is 4.33. The summed E-state index contributed by atoms with van der Waals surface area (Å²) in [6, 6.07) is 8.84. The van der Waals surface area contributed by atoms with Crippen LogP contribution in [0.5, 0.6) is 0 Å². The van der Waals surface area contributed by atoms with Gasteiger partial charge in [0.2, 0.25) is 0 Å². The number of hydrogen-bond acceptors (Lipinski definition) is 7. The summed E-state index contributed by atoms with van der Waals surface area (Å²) in [4.78, 5) is 19.9. The van der Waals surface area contributed by atoms with Gasteiger partial charge < -0.3 is 9.88 Å². The van der Waals surface area contributed by atoms with Gasteiger partial charge in [0.1, 0.15) is 23.8 Å². The maximum absolute atomic E-state index is 4.76. The van der Waals surface area contributed by atoms with Gasteiger partial charge in [-0.1, -0.05) is 6.07 Å². The first-order valence-electron chi connectivity index (χ1n) is 9.42. The van der Waals surface area contributed by atoms with Gasteiger partial charge >= 0.3 is 0 Å². The average Bonchev–Trinajstić information content (AvgIpc) is 3.30. The second-order valence-electron chi connectivity index (χ2n) is 7.00. The molecular weight excluding hydrogens is 370 g/mol. The van der Waals surface area contributed by atoms with E-state index in [1.807, 2.05) is 11.6 Å². The molecule has 5 rings (SSSR count). The molecule has 1 aromatic carbocycles. The molecule has 4 aromatic rings. The number of nitrogens with zero attached hydrogens (tertiary/aromatic N) is 6. The van der Waals surface area contributed by atoms with Crippen molar-refractivity contribution in [2.75, 3.05) is 18.4 Å². The highest BCUT2D eigenvalue weighted by atomic mass is 32.1. The second-order valence-corrected chi connectivity index (χ2v) is 7.88. The lowest BCUT2D eigenvalue weighted by molar-refractivity contribution is 0.215. The number of imidazole rings is 1. The van der Waals surface area contributed by atoms with Crippen LogP contribution in [0.25, 0.3) is 10.2 Å². The molecule has 1 unspecified atom stereocenters. The number of benzene rings is 1. The topological polar surface area (TPSA) is 71.8 Å². The van der Waals surface area contributed by atoms with E-state index in [2.05, 4.69) is 61.1 Å². The molecular formula is C20H21N7S. The summed E-state index contributed by atoms with van der Waals surface area (Å²) in [5.74, 6) is 2.71. The molecule has 0 bridgehead atoms. The summed E-state index contributed by atoms with van der Waals surface area (Å²) in [7, 11) is 0. The van der Waals surface area contributed by atoms with E-state index < -0.39 is 0 Å². The van der Waals surface area contributed by atoms with Gasteiger partial charge in [-0.3, -0.25) is 4.90 Å². The minimum absolute atomic E-state index is 0.356. The van der Waals surface area contributed by atoms with Gasteiger partial charge in [-0.2, -0.15) is 0 Å². The first kappa shape index (κ1) is 17.3. The molecule has 0 saturated carbocycles. The molecule has 1 N–H and O–H groups in total. The zero-order chi connectivity index (χ0) is 18.9. The Morgan fingerprint density at radius 1 is 1.11 bits per heavy atom. The highest BCUT2D eigenvalue weighted by Gasteiger charge is 2.21. The Morgan fingerprint density at radius 2 is 2.07 bits per heavy atom. The summed E-state index contributed by atoms with van der Waals surface area (Å²) in [6.45, 7) is 5.19. The third-order valence-corrected chi connectivity index (χ3v) is 6.14. The predicted molar refractivity (Wildman–Crippen MR) is 111 cm³/mol. The zero-order valence-corrected chi connectivity index (χ0v) is 16.4. The molecule has 7 nitrogen and oxygen atoms in total. The van der Waals surface area contributed by atoms with Crippen molar-refractivity contribution >= 4 is 33.2 Å². The molecule has 3 aromatic heterocycles. The lowest BCUT2D eigenvalue weighted by Crippen LogP contribution is -2.30. The van der Waals surface area contributed by atoms with Crippen LogP contribution in [-0.2, 0) is 13.0 Å². The third kappa shape index (κ3) is 3.36. The molecule has 0 saturated heterocycles. The Kier molecular flexibility index (Phi) is 4.50. The molecule has 0 radical (unpaired) electrons. The molecule has 142 valence electrons. The first-order valence-corrected chi connectivity index (χ1v) is 10.3. The van der Waals surface area contributed by atoms with Crippen LogP contribution in [0.4, 0.5) is 11.6 Å². The van der Waals surface area contributed by atoms with Crippen LogP contribution < -0.4 is 5.32 Å². The maximum atomic E-state index is 4.76. The molecule has 0 aliphatic carbocycles. The molecule has 1 atom stereocenters. The van der Waals surface area contributed by atoms with Crippen LogP contribution >= 0.6 is 11.3 Å². The fourth-order valence-corrected chi connectivity index (χ4v) is 4.39. The number of aromatic nitrogens is 5. The van der Waals surface area contributed by atoms with Crippen LogP contribution in [-0.4, -0.2) is 42.5 Å². The normalized spacial score (nSPS) is 15.9. The maximum Gasteiger partial charge on any atom is 0.150 e. The smallest absolute Gasteiger partial charge is 0.150 e. The summed E-state index contributed by atoms with van der Waals surface area (Å²) < 4.78 is 3.50. The first-order chi connectivity index (χ1) is 13.8. The van der Waals surface area contributed by atoms with Crippen LogP contribution in [0.15, 0.2) is 48.5 Å².